The van der Waals surface area contributed by atoms with Gasteiger partial charge in [-0.25, -0.2) is 0 Å². The van der Waals surface area contributed by atoms with Crippen molar-refractivity contribution >= 4 is 5.97 Å². The third-order valence-electron chi connectivity index (χ3n) is 4.72. The van der Waals surface area contributed by atoms with Gasteiger partial charge in [-0.1, -0.05) is 60.7 Å². The average molecular weight is 309 g/mol. The van der Waals surface area contributed by atoms with Crippen molar-refractivity contribution in [3.63, 3.8) is 0 Å². The Morgan fingerprint density at radius 3 is 2.35 bits per heavy atom. The Kier molecular flexibility index (Phi) is 5.09. The van der Waals surface area contributed by atoms with Crippen LogP contribution < -0.4 is 5.32 Å². The second-order valence-electron chi connectivity index (χ2n) is 6.36. The molecule has 0 spiro atoms. The minimum atomic E-state index is -0.767. The molecule has 23 heavy (non-hydrogen) atoms. The fourth-order valence-corrected chi connectivity index (χ4v) is 3.51. The molecule has 3 atom stereocenters. The first-order chi connectivity index (χ1) is 11.2. The molecule has 0 aromatic heterocycles. The molecule has 0 amide bonds. The number of nitrogens with one attached hydrogen (secondary N) is 1. The number of hydrogen-bond acceptors (Lipinski definition) is 2. The Labute approximate surface area is 137 Å². The average Bonchev–Trinajstić information content (AvgIpc) is 3.04. The van der Waals surface area contributed by atoms with E-state index in [0.29, 0.717) is 12.3 Å². The van der Waals surface area contributed by atoms with Gasteiger partial charge in [0.05, 0.1) is 0 Å². The van der Waals surface area contributed by atoms with Crippen molar-refractivity contribution in [1.82, 2.24) is 5.32 Å². The van der Waals surface area contributed by atoms with E-state index in [0.717, 1.165) is 24.8 Å². The Morgan fingerprint density at radius 1 is 1.04 bits per heavy atom. The van der Waals surface area contributed by atoms with Crippen LogP contribution in [0.25, 0.3) is 0 Å². The summed E-state index contributed by atoms with van der Waals surface area (Å²) in [7, 11) is 0. The van der Waals surface area contributed by atoms with Gasteiger partial charge >= 0.3 is 5.97 Å². The van der Waals surface area contributed by atoms with E-state index < -0.39 is 12.0 Å². The van der Waals surface area contributed by atoms with Gasteiger partial charge in [-0.05, 0) is 42.7 Å². The SMILES string of the molecule is O=C(O)[C@H](Cc1ccccc1)NC1CCC(c2ccccc2)C1. The fourth-order valence-electron chi connectivity index (χ4n) is 3.51. The van der Waals surface area contributed by atoms with E-state index in [1.165, 1.54) is 5.56 Å². The number of carbonyl (C=O) groups is 1. The van der Waals surface area contributed by atoms with E-state index in [2.05, 4.69) is 29.6 Å². The first-order valence-electron chi connectivity index (χ1n) is 8.30. The van der Waals surface area contributed by atoms with E-state index in [1.54, 1.807) is 0 Å². The highest BCUT2D eigenvalue weighted by molar-refractivity contribution is 5.74. The minimum absolute atomic E-state index is 0.282. The van der Waals surface area contributed by atoms with Gasteiger partial charge in [0.2, 0.25) is 0 Å². The van der Waals surface area contributed by atoms with Gasteiger partial charge in [0.15, 0.2) is 0 Å². The molecule has 2 aromatic rings. The number of hydrogen-bond donors (Lipinski definition) is 2. The van der Waals surface area contributed by atoms with Crippen molar-refractivity contribution in [2.75, 3.05) is 0 Å². The van der Waals surface area contributed by atoms with Gasteiger partial charge in [0.1, 0.15) is 6.04 Å². The lowest BCUT2D eigenvalue weighted by molar-refractivity contribution is -0.139. The van der Waals surface area contributed by atoms with E-state index >= 15 is 0 Å². The monoisotopic (exact) mass is 309 g/mol. The third-order valence-corrected chi connectivity index (χ3v) is 4.72. The zero-order valence-electron chi connectivity index (χ0n) is 13.2. The number of benzene rings is 2. The maximum atomic E-state index is 11.6. The molecule has 1 aliphatic carbocycles. The van der Waals surface area contributed by atoms with Gasteiger partial charge in [0.25, 0.3) is 0 Å². The van der Waals surface area contributed by atoms with Crippen molar-refractivity contribution in [3.05, 3.63) is 71.8 Å². The lowest BCUT2D eigenvalue weighted by Crippen LogP contribution is -2.43. The molecule has 3 nitrogen and oxygen atoms in total. The normalized spacial score (nSPS) is 21.9. The lowest BCUT2D eigenvalue weighted by Gasteiger charge is -2.20. The molecule has 1 aliphatic rings. The first-order valence-corrected chi connectivity index (χ1v) is 8.30. The van der Waals surface area contributed by atoms with Crippen molar-refractivity contribution in [3.8, 4) is 0 Å². The van der Waals surface area contributed by atoms with E-state index in [4.69, 9.17) is 0 Å². The van der Waals surface area contributed by atoms with Crippen LogP contribution in [0.5, 0.6) is 0 Å². The van der Waals surface area contributed by atoms with Crippen LogP contribution in [0.4, 0.5) is 0 Å². The number of aliphatic carboxylic acids is 1. The predicted octanol–water partition coefficient (Wildman–Crippen LogP) is 3.61. The molecule has 1 fully saturated rings. The zero-order chi connectivity index (χ0) is 16.1. The maximum absolute atomic E-state index is 11.6. The standard InChI is InChI=1S/C20H23NO2/c22-20(23)19(13-15-7-3-1-4-8-15)21-18-12-11-17(14-18)16-9-5-2-6-10-16/h1-10,17-19,21H,11-14H2,(H,22,23)/t17?,18?,19-/m0/s1. The van der Waals surface area contributed by atoms with Crippen LogP contribution in [0.3, 0.4) is 0 Å². The molecule has 120 valence electrons. The highest BCUT2D eigenvalue weighted by Crippen LogP contribution is 2.34. The molecular formula is C20H23NO2. The summed E-state index contributed by atoms with van der Waals surface area (Å²) in [6, 6.07) is 20.1. The Morgan fingerprint density at radius 2 is 1.70 bits per heavy atom. The van der Waals surface area contributed by atoms with Crippen molar-refractivity contribution < 1.29 is 9.90 Å². The lowest BCUT2D eigenvalue weighted by atomic mass is 9.97. The summed E-state index contributed by atoms with van der Waals surface area (Å²) in [5, 5.41) is 12.9. The van der Waals surface area contributed by atoms with Crippen molar-refractivity contribution in [2.24, 2.45) is 0 Å². The molecule has 3 heteroatoms. The molecule has 0 aliphatic heterocycles. The number of rotatable bonds is 6. The zero-order valence-corrected chi connectivity index (χ0v) is 13.2. The second-order valence-corrected chi connectivity index (χ2v) is 6.36. The summed E-state index contributed by atoms with van der Waals surface area (Å²) in [6.45, 7) is 0. The Bertz CT molecular complexity index is 627. The fraction of sp³-hybridized carbons (Fsp3) is 0.350. The molecule has 2 unspecified atom stereocenters. The van der Waals surface area contributed by atoms with E-state index in [1.807, 2.05) is 36.4 Å². The molecule has 0 radical (unpaired) electrons. The Balaban J connectivity index is 1.60. The highest BCUT2D eigenvalue weighted by atomic mass is 16.4. The summed E-state index contributed by atoms with van der Waals surface area (Å²) >= 11 is 0. The predicted molar refractivity (Wildman–Crippen MR) is 91.5 cm³/mol. The first kappa shape index (κ1) is 15.8. The van der Waals surface area contributed by atoms with Crippen LogP contribution in [0.1, 0.15) is 36.3 Å². The maximum Gasteiger partial charge on any atom is 0.321 e. The van der Waals surface area contributed by atoms with Crippen LogP contribution in [-0.2, 0) is 11.2 Å². The van der Waals surface area contributed by atoms with Gasteiger partial charge < -0.3 is 10.4 Å². The summed E-state index contributed by atoms with van der Waals surface area (Å²) < 4.78 is 0. The summed E-state index contributed by atoms with van der Waals surface area (Å²) in [5.74, 6) is -0.225. The van der Waals surface area contributed by atoms with Crippen molar-refractivity contribution in [2.45, 2.75) is 43.7 Å². The van der Waals surface area contributed by atoms with Crippen LogP contribution >= 0.6 is 0 Å². The smallest absolute Gasteiger partial charge is 0.321 e. The molecule has 2 N–H and O–H groups in total. The summed E-state index contributed by atoms with van der Waals surface area (Å²) in [6.07, 6.45) is 3.71. The Hall–Kier alpha value is -2.13. The summed E-state index contributed by atoms with van der Waals surface area (Å²) in [4.78, 5) is 11.6. The van der Waals surface area contributed by atoms with Crippen LogP contribution in [0.15, 0.2) is 60.7 Å². The van der Waals surface area contributed by atoms with Gasteiger partial charge in [-0.15, -0.1) is 0 Å². The topological polar surface area (TPSA) is 49.3 Å². The van der Waals surface area contributed by atoms with Gasteiger partial charge in [0, 0.05) is 6.04 Å². The summed E-state index contributed by atoms with van der Waals surface area (Å²) in [5.41, 5.74) is 2.43. The van der Waals surface area contributed by atoms with Crippen LogP contribution in [0, 0.1) is 0 Å². The quantitative estimate of drug-likeness (QED) is 0.857. The highest BCUT2D eigenvalue weighted by Gasteiger charge is 2.29. The largest absolute Gasteiger partial charge is 0.480 e. The van der Waals surface area contributed by atoms with Crippen LogP contribution in [0.2, 0.25) is 0 Å². The third kappa shape index (κ3) is 4.20. The number of carboxylic acids is 1. The molecule has 1 saturated carbocycles. The van der Waals surface area contributed by atoms with Crippen molar-refractivity contribution in [1.29, 1.82) is 0 Å². The second kappa shape index (κ2) is 7.42. The molecule has 0 bridgehead atoms. The minimum Gasteiger partial charge on any atom is -0.480 e. The van der Waals surface area contributed by atoms with E-state index in [9.17, 15) is 9.90 Å². The molecule has 0 heterocycles. The van der Waals surface area contributed by atoms with Crippen LogP contribution in [-0.4, -0.2) is 23.2 Å². The number of carboxylic acid groups (broad SMARTS) is 1. The molecule has 2 aromatic carbocycles. The molecular weight excluding hydrogens is 286 g/mol. The molecule has 3 rings (SSSR count). The van der Waals surface area contributed by atoms with Gasteiger partial charge in [-0.2, -0.15) is 0 Å². The molecule has 0 saturated heterocycles. The van der Waals surface area contributed by atoms with E-state index in [-0.39, 0.29) is 6.04 Å². The van der Waals surface area contributed by atoms with Gasteiger partial charge in [-0.3, -0.25) is 4.79 Å².